The van der Waals surface area contributed by atoms with Crippen molar-refractivity contribution >= 4 is 11.4 Å². The molecule has 3 aromatic rings. The number of hydrogen-bond donors (Lipinski definition) is 1. The van der Waals surface area contributed by atoms with E-state index >= 15 is 0 Å². The summed E-state index contributed by atoms with van der Waals surface area (Å²) in [6, 6.07) is 26.2. The second kappa shape index (κ2) is 6.21. The molecule has 0 bridgehead atoms. The maximum absolute atomic E-state index is 6.39. The summed E-state index contributed by atoms with van der Waals surface area (Å²) in [7, 11) is 0. The molecule has 0 saturated heterocycles. The minimum Gasteiger partial charge on any atom is -0.399 e. The van der Waals surface area contributed by atoms with Crippen LogP contribution in [0.5, 0.6) is 0 Å². The molecule has 5 rings (SSSR count). The lowest BCUT2D eigenvalue weighted by Crippen LogP contribution is -2.37. The van der Waals surface area contributed by atoms with Crippen LogP contribution in [0.3, 0.4) is 0 Å². The van der Waals surface area contributed by atoms with Crippen LogP contribution in [0.15, 0.2) is 72.8 Å². The van der Waals surface area contributed by atoms with E-state index in [1.54, 1.807) is 0 Å². The van der Waals surface area contributed by atoms with Gasteiger partial charge in [-0.25, -0.2) is 0 Å². The minimum atomic E-state index is 0.444. The Balaban J connectivity index is 1.68. The molecule has 2 aliphatic rings. The van der Waals surface area contributed by atoms with Crippen LogP contribution in [-0.4, -0.2) is 13.1 Å². The van der Waals surface area contributed by atoms with Gasteiger partial charge in [-0.15, -0.1) is 0 Å². The predicted octanol–water partition coefficient (Wildman–Crippen LogP) is 5.15. The van der Waals surface area contributed by atoms with Gasteiger partial charge in [-0.3, -0.25) is 0 Å². The summed E-state index contributed by atoms with van der Waals surface area (Å²) in [5, 5.41) is 0. The summed E-state index contributed by atoms with van der Waals surface area (Å²) in [6.07, 6.45) is 2.33. The van der Waals surface area contributed by atoms with Gasteiger partial charge in [0, 0.05) is 36.3 Å². The number of benzene rings is 3. The van der Waals surface area contributed by atoms with Crippen LogP contribution in [0.1, 0.15) is 46.9 Å². The monoisotopic (exact) mass is 340 g/mol. The van der Waals surface area contributed by atoms with Crippen molar-refractivity contribution in [2.75, 3.05) is 23.7 Å². The lowest BCUT2D eigenvalue weighted by Gasteiger charge is -2.43. The minimum absolute atomic E-state index is 0.444. The Labute approximate surface area is 155 Å². The second-order valence-electron chi connectivity index (χ2n) is 7.54. The largest absolute Gasteiger partial charge is 0.399 e. The zero-order chi connectivity index (χ0) is 17.5. The van der Waals surface area contributed by atoms with E-state index < -0.39 is 0 Å². The standard InChI is InChI=1S/C24H24N2/c25-19-15-22-20(17-7-3-1-4-8-17)11-13-26-14-12-21(23(16-19)24(22)26)18-9-5-2-6-10-18/h1-10,15-16,20-21H,11-14,25H2. The van der Waals surface area contributed by atoms with E-state index in [1.807, 2.05) is 0 Å². The first-order valence-corrected chi connectivity index (χ1v) is 9.59. The van der Waals surface area contributed by atoms with E-state index in [9.17, 15) is 0 Å². The van der Waals surface area contributed by atoms with Crippen molar-refractivity contribution in [2.45, 2.75) is 24.7 Å². The van der Waals surface area contributed by atoms with Crippen molar-refractivity contribution in [1.82, 2.24) is 0 Å². The van der Waals surface area contributed by atoms with E-state index in [2.05, 4.69) is 77.7 Å². The molecule has 2 aliphatic heterocycles. The Morgan fingerprint density at radius 3 is 1.62 bits per heavy atom. The average molecular weight is 340 g/mol. The fourth-order valence-electron chi connectivity index (χ4n) is 4.88. The molecule has 0 saturated carbocycles. The van der Waals surface area contributed by atoms with Crippen molar-refractivity contribution in [2.24, 2.45) is 0 Å². The van der Waals surface area contributed by atoms with Crippen molar-refractivity contribution < 1.29 is 0 Å². The highest BCUT2D eigenvalue weighted by atomic mass is 15.1. The van der Waals surface area contributed by atoms with Crippen molar-refractivity contribution in [3.05, 3.63) is 95.1 Å². The summed E-state index contributed by atoms with van der Waals surface area (Å²) >= 11 is 0. The quantitative estimate of drug-likeness (QED) is 0.654. The van der Waals surface area contributed by atoms with Gasteiger partial charge in [0.15, 0.2) is 0 Å². The Morgan fingerprint density at radius 1 is 0.692 bits per heavy atom. The maximum Gasteiger partial charge on any atom is 0.0445 e. The van der Waals surface area contributed by atoms with Gasteiger partial charge >= 0.3 is 0 Å². The highest BCUT2D eigenvalue weighted by molar-refractivity contribution is 5.72. The normalized spacial score (nSPS) is 21.3. The van der Waals surface area contributed by atoms with Crippen LogP contribution >= 0.6 is 0 Å². The predicted molar refractivity (Wildman–Crippen MR) is 109 cm³/mol. The van der Waals surface area contributed by atoms with Crippen LogP contribution in [0.2, 0.25) is 0 Å². The molecule has 0 aromatic heterocycles. The number of hydrogen-bond acceptors (Lipinski definition) is 2. The molecular formula is C24H24N2. The summed E-state index contributed by atoms with van der Waals surface area (Å²) in [6.45, 7) is 2.26. The molecule has 3 aromatic carbocycles. The smallest absolute Gasteiger partial charge is 0.0445 e. The van der Waals surface area contributed by atoms with Crippen molar-refractivity contribution in [1.29, 1.82) is 0 Å². The molecule has 0 fully saturated rings. The lowest BCUT2D eigenvalue weighted by atomic mass is 9.76. The first-order chi connectivity index (χ1) is 12.8. The summed E-state index contributed by atoms with van der Waals surface area (Å²) in [5.74, 6) is 0.887. The Kier molecular flexibility index (Phi) is 3.70. The molecule has 26 heavy (non-hydrogen) atoms. The molecule has 2 heterocycles. The zero-order valence-corrected chi connectivity index (χ0v) is 14.9. The average Bonchev–Trinajstić information content (AvgIpc) is 2.69. The van der Waals surface area contributed by atoms with Gasteiger partial charge in [0.05, 0.1) is 0 Å². The third kappa shape index (κ3) is 2.48. The van der Waals surface area contributed by atoms with Gasteiger partial charge in [0.1, 0.15) is 0 Å². The third-order valence-corrected chi connectivity index (χ3v) is 6.04. The molecule has 0 radical (unpaired) electrons. The second-order valence-corrected chi connectivity index (χ2v) is 7.54. The highest BCUT2D eigenvalue weighted by Crippen LogP contribution is 2.49. The molecule has 0 aliphatic carbocycles. The fraction of sp³-hybridized carbons (Fsp3) is 0.250. The van der Waals surface area contributed by atoms with Gasteiger partial charge < -0.3 is 10.6 Å². The van der Waals surface area contributed by atoms with Gasteiger partial charge in [0.2, 0.25) is 0 Å². The van der Waals surface area contributed by atoms with Crippen molar-refractivity contribution in [3.63, 3.8) is 0 Å². The van der Waals surface area contributed by atoms with Gasteiger partial charge in [-0.05, 0) is 47.2 Å². The number of anilines is 2. The van der Waals surface area contributed by atoms with Crippen molar-refractivity contribution in [3.8, 4) is 0 Å². The topological polar surface area (TPSA) is 29.3 Å². The molecule has 2 heteroatoms. The van der Waals surface area contributed by atoms with E-state index in [0.717, 1.165) is 31.6 Å². The zero-order valence-electron chi connectivity index (χ0n) is 14.9. The van der Waals surface area contributed by atoms with Crippen LogP contribution < -0.4 is 10.6 Å². The number of rotatable bonds is 2. The molecule has 2 nitrogen and oxygen atoms in total. The van der Waals surface area contributed by atoms with Gasteiger partial charge in [0.25, 0.3) is 0 Å². The summed E-state index contributed by atoms with van der Waals surface area (Å²) in [4.78, 5) is 2.59. The van der Waals surface area contributed by atoms with Crippen LogP contribution in [0.25, 0.3) is 0 Å². The molecule has 0 spiro atoms. The number of nitrogen functional groups attached to an aromatic ring is 1. The first kappa shape index (κ1) is 15.5. The molecule has 2 N–H and O–H groups in total. The van der Waals surface area contributed by atoms with Gasteiger partial charge in [-0.2, -0.15) is 0 Å². The lowest BCUT2D eigenvalue weighted by molar-refractivity contribution is 0.571. The highest BCUT2D eigenvalue weighted by Gasteiger charge is 2.34. The van der Waals surface area contributed by atoms with Crippen LogP contribution in [-0.2, 0) is 0 Å². The SMILES string of the molecule is Nc1cc2c3c(c1)C(c1ccccc1)CCN3CCC2c1ccccc1. The first-order valence-electron chi connectivity index (χ1n) is 9.59. The van der Waals surface area contributed by atoms with Gasteiger partial charge in [-0.1, -0.05) is 60.7 Å². The number of nitrogens with zero attached hydrogens (tertiary/aromatic N) is 1. The molecule has 2 unspecified atom stereocenters. The molecular weight excluding hydrogens is 316 g/mol. The number of nitrogens with two attached hydrogens (primary N) is 1. The Morgan fingerprint density at radius 2 is 1.15 bits per heavy atom. The van der Waals surface area contributed by atoms with Crippen LogP contribution in [0.4, 0.5) is 11.4 Å². The Hall–Kier alpha value is -2.74. The maximum atomic E-state index is 6.39. The Bertz CT molecular complexity index is 845. The van der Waals surface area contributed by atoms with E-state index in [1.165, 1.54) is 27.9 Å². The third-order valence-electron chi connectivity index (χ3n) is 6.04. The van der Waals surface area contributed by atoms with Crippen LogP contribution in [0, 0.1) is 0 Å². The summed E-state index contributed by atoms with van der Waals surface area (Å²) < 4.78 is 0. The summed E-state index contributed by atoms with van der Waals surface area (Å²) in [5.41, 5.74) is 14.4. The van der Waals surface area contributed by atoms with E-state index in [4.69, 9.17) is 5.73 Å². The van der Waals surface area contributed by atoms with E-state index in [-0.39, 0.29) is 0 Å². The van der Waals surface area contributed by atoms with E-state index in [0.29, 0.717) is 11.8 Å². The molecule has 130 valence electrons. The molecule has 0 amide bonds. The fourth-order valence-corrected chi connectivity index (χ4v) is 4.88. The molecule has 2 atom stereocenters.